The van der Waals surface area contributed by atoms with Crippen LogP contribution in [0.25, 0.3) is 5.76 Å². The molecule has 2 rings (SSSR count). The number of hydrogen-bond donors (Lipinski definition) is 2. The Balaban J connectivity index is 2.51. The van der Waals surface area contributed by atoms with Gasteiger partial charge in [-0.25, -0.2) is 17.6 Å². The molecule has 0 aliphatic rings. The fraction of sp³-hybridized carbons (Fsp3) is 0. The Bertz CT molecular complexity index is 891. The SMILES string of the molecule is O=C(O)C(=O)C=C(O)c1ccoc1S(=O)(=O)c1ccc(F)cc1. The van der Waals surface area contributed by atoms with Crippen molar-refractivity contribution in [3.05, 3.63) is 54.1 Å². The van der Waals surface area contributed by atoms with Crippen molar-refractivity contribution in [2.45, 2.75) is 9.99 Å². The van der Waals surface area contributed by atoms with E-state index in [4.69, 9.17) is 9.52 Å². The fourth-order valence-electron chi connectivity index (χ4n) is 1.68. The summed E-state index contributed by atoms with van der Waals surface area (Å²) in [6.07, 6.45) is 1.30. The Morgan fingerprint density at radius 3 is 2.26 bits per heavy atom. The van der Waals surface area contributed by atoms with Crippen LogP contribution in [0.5, 0.6) is 0 Å². The average Bonchev–Trinajstić information content (AvgIpc) is 2.97. The summed E-state index contributed by atoms with van der Waals surface area (Å²) >= 11 is 0. The summed E-state index contributed by atoms with van der Waals surface area (Å²) < 4.78 is 42.5. The van der Waals surface area contributed by atoms with Gasteiger partial charge in [-0.05, 0) is 30.3 Å². The van der Waals surface area contributed by atoms with E-state index in [1.54, 1.807) is 0 Å². The first kappa shape index (κ1) is 16.4. The quantitative estimate of drug-likeness (QED) is 0.368. The van der Waals surface area contributed by atoms with Gasteiger partial charge in [0.05, 0.1) is 16.7 Å². The van der Waals surface area contributed by atoms with Crippen molar-refractivity contribution in [1.82, 2.24) is 0 Å². The molecule has 0 saturated carbocycles. The van der Waals surface area contributed by atoms with E-state index in [9.17, 15) is 27.5 Å². The molecule has 1 aromatic carbocycles. The summed E-state index contributed by atoms with van der Waals surface area (Å²) in [6.45, 7) is 0. The van der Waals surface area contributed by atoms with E-state index in [0.29, 0.717) is 6.08 Å². The summed E-state index contributed by atoms with van der Waals surface area (Å²) in [7, 11) is -4.24. The molecule has 0 spiro atoms. The van der Waals surface area contributed by atoms with Crippen LogP contribution in [0.1, 0.15) is 5.56 Å². The van der Waals surface area contributed by atoms with Crippen LogP contribution in [0.3, 0.4) is 0 Å². The summed E-state index contributed by atoms with van der Waals surface area (Å²) in [6, 6.07) is 4.91. The highest BCUT2D eigenvalue weighted by molar-refractivity contribution is 7.91. The second-order valence-corrected chi connectivity index (χ2v) is 6.13. The standard InChI is InChI=1S/C14H9FO7S/c15-8-1-3-9(4-2-8)23(20,21)14-10(5-6-22-14)11(16)7-12(17)13(18)19/h1-7,16H,(H,18,19). The molecule has 0 radical (unpaired) electrons. The lowest BCUT2D eigenvalue weighted by molar-refractivity contribution is -0.146. The van der Waals surface area contributed by atoms with E-state index >= 15 is 0 Å². The largest absolute Gasteiger partial charge is 0.507 e. The highest BCUT2D eigenvalue weighted by Gasteiger charge is 2.27. The van der Waals surface area contributed by atoms with Crippen molar-refractivity contribution in [1.29, 1.82) is 0 Å². The van der Waals surface area contributed by atoms with Gasteiger partial charge in [0.1, 0.15) is 11.6 Å². The van der Waals surface area contributed by atoms with Crippen LogP contribution in [0.15, 0.2) is 57.1 Å². The maximum atomic E-state index is 12.9. The third-order valence-corrected chi connectivity index (χ3v) is 4.45. The molecular weight excluding hydrogens is 331 g/mol. The number of rotatable bonds is 5. The average molecular weight is 340 g/mol. The molecule has 0 aliphatic heterocycles. The Hall–Kier alpha value is -2.94. The van der Waals surface area contributed by atoms with Gasteiger partial charge in [-0.2, -0.15) is 0 Å². The lowest BCUT2D eigenvalue weighted by Crippen LogP contribution is -2.10. The zero-order valence-corrected chi connectivity index (χ0v) is 12.1. The number of aliphatic hydroxyl groups is 1. The van der Waals surface area contributed by atoms with Gasteiger partial charge in [0, 0.05) is 6.08 Å². The zero-order valence-electron chi connectivity index (χ0n) is 11.3. The van der Waals surface area contributed by atoms with Crippen LogP contribution in [0, 0.1) is 5.82 Å². The predicted molar refractivity (Wildman–Crippen MR) is 73.8 cm³/mol. The van der Waals surface area contributed by atoms with Gasteiger partial charge in [-0.1, -0.05) is 0 Å². The maximum absolute atomic E-state index is 12.9. The number of carbonyl (C=O) groups is 2. The van der Waals surface area contributed by atoms with E-state index in [1.165, 1.54) is 0 Å². The molecule has 0 fully saturated rings. The van der Waals surface area contributed by atoms with Gasteiger partial charge in [-0.15, -0.1) is 0 Å². The number of sulfone groups is 1. The number of aliphatic hydroxyl groups excluding tert-OH is 1. The Kier molecular flexibility index (Phi) is 4.32. The molecule has 120 valence electrons. The lowest BCUT2D eigenvalue weighted by atomic mass is 10.2. The predicted octanol–water partition coefficient (Wildman–Crippen LogP) is 1.80. The minimum atomic E-state index is -4.24. The third kappa shape index (κ3) is 3.29. The van der Waals surface area contributed by atoms with Gasteiger partial charge < -0.3 is 14.6 Å². The molecule has 1 aromatic heterocycles. The normalized spacial score (nSPS) is 12.1. The Morgan fingerprint density at radius 2 is 1.70 bits per heavy atom. The van der Waals surface area contributed by atoms with Crippen LogP contribution in [-0.2, 0) is 19.4 Å². The number of benzene rings is 1. The second-order valence-electron chi connectivity index (χ2n) is 4.28. The molecule has 0 aliphatic carbocycles. The van der Waals surface area contributed by atoms with Crippen molar-refractivity contribution < 1.29 is 37.0 Å². The van der Waals surface area contributed by atoms with Crippen LogP contribution in [-0.4, -0.2) is 30.4 Å². The fourth-order valence-corrected chi connectivity index (χ4v) is 3.03. The van der Waals surface area contributed by atoms with Crippen LogP contribution < -0.4 is 0 Å². The zero-order chi connectivity index (χ0) is 17.2. The molecule has 1 heterocycles. The van der Waals surface area contributed by atoms with Crippen LogP contribution in [0.4, 0.5) is 4.39 Å². The van der Waals surface area contributed by atoms with Crippen LogP contribution in [0.2, 0.25) is 0 Å². The molecular formula is C14H9FO7S. The highest BCUT2D eigenvalue weighted by atomic mass is 32.2. The third-order valence-electron chi connectivity index (χ3n) is 2.75. The van der Waals surface area contributed by atoms with Crippen molar-refractivity contribution in [2.75, 3.05) is 0 Å². The van der Waals surface area contributed by atoms with Gasteiger partial charge in [-0.3, -0.25) is 4.79 Å². The monoisotopic (exact) mass is 340 g/mol. The minimum absolute atomic E-state index is 0.299. The number of furan rings is 1. The smallest absolute Gasteiger partial charge is 0.376 e. The number of ketones is 1. The summed E-state index contributed by atoms with van der Waals surface area (Å²) in [5, 5.41) is 17.5. The number of aliphatic carboxylic acids is 1. The van der Waals surface area contributed by atoms with Crippen molar-refractivity contribution in [3.63, 3.8) is 0 Å². The molecule has 7 nitrogen and oxygen atoms in total. The number of carboxylic acid groups (broad SMARTS) is 1. The first-order chi connectivity index (χ1) is 10.7. The number of carbonyl (C=O) groups excluding carboxylic acids is 1. The van der Waals surface area contributed by atoms with Crippen LogP contribution >= 0.6 is 0 Å². The Morgan fingerprint density at radius 1 is 1.09 bits per heavy atom. The molecule has 9 heteroatoms. The van der Waals surface area contributed by atoms with Crippen molar-refractivity contribution in [3.8, 4) is 0 Å². The first-order valence-corrected chi connectivity index (χ1v) is 7.48. The Labute approximate surface area is 129 Å². The molecule has 0 amide bonds. The second kappa shape index (κ2) is 6.05. The van der Waals surface area contributed by atoms with E-state index in [-0.39, 0.29) is 10.5 Å². The number of carboxylic acids is 1. The number of halogens is 1. The molecule has 2 aromatic rings. The van der Waals surface area contributed by atoms with E-state index in [0.717, 1.165) is 36.6 Å². The van der Waals surface area contributed by atoms with Crippen molar-refractivity contribution >= 4 is 27.3 Å². The van der Waals surface area contributed by atoms with Gasteiger partial charge >= 0.3 is 5.97 Å². The van der Waals surface area contributed by atoms with E-state index in [2.05, 4.69) is 0 Å². The van der Waals surface area contributed by atoms with Gasteiger partial charge in [0.2, 0.25) is 14.9 Å². The van der Waals surface area contributed by atoms with E-state index < -0.39 is 38.3 Å². The molecule has 0 saturated heterocycles. The molecule has 0 bridgehead atoms. The minimum Gasteiger partial charge on any atom is -0.507 e. The molecule has 23 heavy (non-hydrogen) atoms. The van der Waals surface area contributed by atoms with E-state index in [1.807, 2.05) is 0 Å². The summed E-state index contributed by atoms with van der Waals surface area (Å²) in [5.74, 6) is -4.78. The topological polar surface area (TPSA) is 122 Å². The first-order valence-electron chi connectivity index (χ1n) is 6.00. The summed E-state index contributed by atoms with van der Waals surface area (Å²) in [5.41, 5.74) is -0.385. The molecule has 0 atom stereocenters. The lowest BCUT2D eigenvalue weighted by Gasteiger charge is -2.04. The maximum Gasteiger partial charge on any atom is 0.376 e. The summed E-state index contributed by atoms with van der Waals surface area (Å²) in [4.78, 5) is 21.2. The van der Waals surface area contributed by atoms with Crippen molar-refractivity contribution in [2.24, 2.45) is 0 Å². The molecule has 0 unspecified atom stereocenters. The highest BCUT2D eigenvalue weighted by Crippen LogP contribution is 2.28. The number of hydrogen-bond acceptors (Lipinski definition) is 6. The van der Waals surface area contributed by atoms with Gasteiger partial charge in [0.15, 0.2) is 0 Å². The molecule has 2 N–H and O–H groups in total. The van der Waals surface area contributed by atoms with Gasteiger partial charge in [0.25, 0.3) is 5.78 Å².